The molecule has 0 saturated heterocycles. The number of carbonyl (C=O) groups is 1. The van der Waals surface area contributed by atoms with Crippen LogP contribution in [0.5, 0.6) is 0 Å². The van der Waals surface area contributed by atoms with Gasteiger partial charge in [-0.1, -0.05) is 11.6 Å². The lowest BCUT2D eigenvalue weighted by Crippen LogP contribution is -2.07. The SMILES string of the molecule is CCOC(=O)c1ncc(I)cc1Cl. The topological polar surface area (TPSA) is 39.2 Å². The van der Waals surface area contributed by atoms with E-state index in [1.54, 1.807) is 19.2 Å². The highest BCUT2D eigenvalue weighted by molar-refractivity contribution is 14.1. The molecule has 0 fully saturated rings. The molecule has 0 spiro atoms. The fraction of sp³-hybridized carbons (Fsp3) is 0.250. The van der Waals surface area contributed by atoms with Crippen molar-refractivity contribution in [3.8, 4) is 0 Å². The summed E-state index contributed by atoms with van der Waals surface area (Å²) < 4.78 is 5.65. The molecule has 0 radical (unpaired) electrons. The molecule has 3 nitrogen and oxygen atoms in total. The lowest BCUT2D eigenvalue weighted by atomic mass is 10.3. The highest BCUT2D eigenvalue weighted by Gasteiger charge is 2.12. The number of hydrogen-bond donors (Lipinski definition) is 0. The van der Waals surface area contributed by atoms with Crippen LogP contribution in [0.15, 0.2) is 12.3 Å². The first-order valence-electron chi connectivity index (χ1n) is 3.63. The van der Waals surface area contributed by atoms with Gasteiger partial charge in [-0.15, -0.1) is 0 Å². The normalized spacial score (nSPS) is 9.77. The molecule has 0 N–H and O–H groups in total. The quantitative estimate of drug-likeness (QED) is 0.622. The molecule has 0 aliphatic carbocycles. The van der Waals surface area contributed by atoms with Gasteiger partial charge in [0.05, 0.1) is 11.6 Å². The van der Waals surface area contributed by atoms with E-state index >= 15 is 0 Å². The third kappa shape index (κ3) is 2.80. The van der Waals surface area contributed by atoms with E-state index in [9.17, 15) is 4.79 Å². The summed E-state index contributed by atoms with van der Waals surface area (Å²) >= 11 is 7.86. The number of ether oxygens (including phenoxy) is 1. The lowest BCUT2D eigenvalue weighted by Gasteiger charge is -2.02. The van der Waals surface area contributed by atoms with Crippen molar-refractivity contribution in [2.75, 3.05) is 6.61 Å². The van der Waals surface area contributed by atoms with Crippen molar-refractivity contribution in [3.63, 3.8) is 0 Å². The highest BCUT2D eigenvalue weighted by Crippen LogP contribution is 2.17. The molecule has 5 heteroatoms. The zero-order valence-electron chi connectivity index (χ0n) is 6.88. The van der Waals surface area contributed by atoms with Crippen molar-refractivity contribution in [2.24, 2.45) is 0 Å². The van der Waals surface area contributed by atoms with Gasteiger partial charge in [0.25, 0.3) is 0 Å². The van der Waals surface area contributed by atoms with Crippen molar-refractivity contribution in [1.29, 1.82) is 0 Å². The number of rotatable bonds is 2. The number of aromatic nitrogens is 1. The second-order valence-electron chi connectivity index (χ2n) is 2.20. The third-order valence-corrected chi connectivity index (χ3v) is 2.15. The van der Waals surface area contributed by atoms with Gasteiger partial charge in [0.2, 0.25) is 0 Å². The Balaban J connectivity index is 2.95. The largest absolute Gasteiger partial charge is 0.461 e. The molecule has 0 aliphatic rings. The van der Waals surface area contributed by atoms with Crippen LogP contribution in [-0.4, -0.2) is 17.6 Å². The smallest absolute Gasteiger partial charge is 0.358 e. The summed E-state index contributed by atoms with van der Waals surface area (Å²) in [6, 6.07) is 1.67. The molecule has 70 valence electrons. The first-order valence-corrected chi connectivity index (χ1v) is 5.09. The fourth-order valence-electron chi connectivity index (χ4n) is 0.764. The number of carbonyl (C=O) groups excluding carboxylic acids is 1. The minimum Gasteiger partial charge on any atom is -0.461 e. The molecule has 1 heterocycles. The molecule has 0 aromatic carbocycles. The Morgan fingerprint density at radius 2 is 2.46 bits per heavy atom. The summed E-state index contributed by atoms with van der Waals surface area (Å²) in [5, 5.41) is 0.324. The van der Waals surface area contributed by atoms with Crippen LogP contribution < -0.4 is 0 Å². The molecule has 1 rings (SSSR count). The average Bonchev–Trinajstić information content (AvgIpc) is 2.04. The zero-order chi connectivity index (χ0) is 9.84. The standard InChI is InChI=1S/C8H7ClINO2/c1-2-13-8(12)7-6(9)3-5(10)4-11-7/h3-4H,2H2,1H3. The predicted octanol–water partition coefficient (Wildman–Crippen LogP) is 2.52. The van der Waals surface area contributed by atoms with Crippen LogP contribution in [0.4, 0.5) is 0 Å². The maximum atomic E-state index is 11.2. The van der Waals surface area contributed by atoms with Gasteiger partial charge in [-0.2, -0.15) is 0 Å². The highest BCUT2D eigenvalue weighted by atomic mass is 127. The summed E-state index contributed by atoms with van der Waals surface area (Å²) in [5.74, 6) is -0.482. The Morgan fingerprint density at radius 3 is 3.00 bits per heavy atom. The van der Waals surface area contributed by atoms with Crippen LogP contribution >= 0.6 is 34.2 Å². The van der Waals surface area contributed by atoms with E-state index in [2.05, 4.69) is 27.6 Å². The van der Waals surface area contributed by atoms with Crippen LogP contribution in [0, 0.1) is 3.57 Å². The summed E-state index contributed by atoms with van der Waals surface area (Å²) in [7, 11) is 0. The molecular formula is C8H7ClINO2. The van der Waals surface area contributed by atoms with Gasteiger partial charge < -0.3 is 4.74 Å². The molecule has 0 unspecified atom stereocenters. The lowest BCUT2D eigenvalue weighted by molar-refractivity contribution is 0.0519. The van der Waals surface area contributed by atoms with Crippen LogP contribution in [-0.2, 0) is 4.74 Å². The molecule has 13 heavy (non-hydrogen) atoms. The summed E-state index contributed by atoms with van der Waals surface area (Å²) in [4.78, 5) is 15.1. The Hall–Kier alpha value is -0.360. The molecule has 1 aromatic rings. The Bertz CT molecular complexity index is 330. The van der Waals surface area contributed by atoms with E-state index in [1.807, 2.05) is 0 Å². The first-order chi connectivity index (χ1) is 6.15. The van der Waals surface area contributed by atoms with Gasteiger partial charge in [-0.3, -0.25) is 0 Å². The second-order valence-corrected chi connectivity index (χ2v) is 3.86. The van der Waals surface area contributed by atoms with Crippen molar-refractivity contribution in [2.45, 2.75) is 6.92 Å². The average molecular weight is 312 g/mol. The third-order valence-electron chi connectivity index (χ3n) is 1.28. The number of halogens is 2. The molecule has 1 aromatic heterocycles. The van der Waals surface area contributed by atoms with Crippen LogP contribution in [0.1, 0.15) is 17.4 Å². The van der Waals surface area contributed by atoms with E-state index in [0.717, 1.165) is 3.57 Å². The van der Waals surface area contributed by atoms with E-state index < -0.39 is 5.97 Å². The Kier molecular flexibility index (Phi) is 3.92. The Labute approximate surface area is 94.6 Å². The van der Waals surface area contributed by atoms with E-state index in [0.29, 0.717) is 11.6 Å². The van der Waals surface area contributed by atoms with Gasteiger partial charge in [-0.05, 0) is 35.6 Å². The van der Waals surface area contributed by atoms with Gasteiger partial charge >= 0.3 is 5.97 Å². The van der Waals surface area contributed by atoms with Gasteiger partial charge in [0.1, 0.15) is 0 Å². The summed E-state index contributed by atoms with van der Waals surface area (Å²) in [6.45, 7) is 2.06. The minimum atomic E-state index is -0.482. The molecular weight excluding hydrogens is 304 g/mol. The van der Waals surface area contributed by atoms with Crippen molar-refractivity contribution in [3.05, 3.63) is 26.5 Å². The summed E-state index contributed by atoms with van der Waals surface area (Å²) in [5.41, 5.74) is 0.170. The molecule has 0 amide bonds. The number of esters is 1. The van der Waals surface area contributed by atoms with Gasteiger partial charge in [0, 0.05) is 9.77 Å². The summed E-state index contributed by atoms with van der Waals surface area (Å²) in [6.07, 6.45) is 1.57. The fourth-order valence-corrected chi connectivity index (χ4v) is 1.64. The van der Waals surface area contributed by atoms with Crippen LogP contribution in [0.25, 0.3) is 0 Å². The second kappa shape index (κ2) is 4.76. The Morgan fingerprint density at radius 1 is 1.77 bits per heavy atom. The molecule has 0 saturated carbocycles. The first kappa shape index (κ1) is 10.7. The number of hydrogen-bond acceptors (Lipinski definition) is 3. The monoisotopic (exact) mass is 311 g/mol. The maximum Gasteiger partial charge on any atom is 0.358 e. The number of pyridine rings is 1. The van der Waals surface area contributed by atoms with E-state index in [4.69, 9.17) is 16.3 Å². The van der Waals surface area contributed by atoms with Crippen molar-refractivity contribution in [1.82, 2.24) is 4.98 Å². The molecule has 0 atom stereocenters. The van der Waals surface area contributed by atoms with Crippen molar-refractivity contribution >= 4 is 40.2 Å². The van der Waals surface area contributed by atoms with Gasteiger partial charge in [-0.25, -0.2) is 9.78 Å². The number of nitrogens with zero attached hydrogens (tertiary/aromatic N) is 1. The van der Waals surface area contributed by atoms with E-state index in [1.165, 1.54) is 0 Å². The van der Waals surface area contributed by atoms with Gasteiger partial charge in [0.15, 0.2) is 5.69 Å². The maximum absolute atomic E-state index is 11.2. The minimum absolute atomic E-state index is 0.170. The van der Waals surface area contributed by atoms with Crippen LogP contribution in [0.2, 0.25) is 5.02 Å². The van der Waals surface area contributed by atoms with Crippen molar-refractivity contribution < 1.29 is 9.53 Å². The predicted molar refractivity (Wildman–Crippen MR) is 57.9 cm³/mol. The van der Waals surface area contributed by atoms with E-state index in [-0.39, 0.29) is 5.69 Å². The zero-order valence-corrected chi connectivity index (χ0v) is 9.79. The molecule has 0 aliphatic heterocycles. The van der Waals surface area contributed by atoms with Crippen LogP contribution in [0.3, 0.4) is 0 Å². The molecule has 0 bridgehead atoms.